The van der Waals surface area contributed by atoms with Gasteiger partial charge in [-0.2, -0.15) is 5.10 Å². The molecule has 2 heterocycles. The molecule has 0 fully saturated rings. The maximum absolute atomic E-state index is 4.45. The first-order valence-corrected chi connectivity index (χ1v) is 7.81. The SMILES string of the molecule is CCCn1nccc1C(NCC)c1cc(C)c(C)s1. The van der Waals surface area contributed by atoms with Crippen molar-refractivity contribution < 1.29 is 0 Å². The molecule has 0 amide bonds. The molecule has 0 spiro atoms. The van der Waals surface area contributed by atoms with Gasteiger partial charge in [0.1, 0.15) is 0 Å². The summed E-state index contributed by atoms with van der Waals surface area (Å²) in [7, 11) is 0. The number of thiophene rings is 1. The topological polar surface area (TPSA) is 29.9 Å². The van der Waals surface area contributed by atoms with Gasteiger partial charge in [0.2, 0.25) is 0 Å². The van der Waals surface area contributed by atoms with Crippen LogP contribution >= 0.6 is 11.3 Å². The third-order valence-corrected chi connectivity index (χ3v) is 4.58. The zero-order valence-electron chi connectivity index (χ0n) is 12.2. The highest BCUT2D eigenvalue weighted by Crippen LogP contribution is 2.30. The molecule has 1 atom stereocenters. The van der Waals surface area contributed by atoms with Crippen molar-refractivity contribution in [1.29, 1.82) is 0 Å². The van der Waals surface area contributed by atoms with E-state index in [1.54, 1.807) is 0 Å². The summed E-state index contributed by atoms with van der Waals surface area (Å²) in [5.41, 5.74) is 2.65. The first-order chi connectivity index (χ1) is 9.17. The summed E-state index contributed by atoms with van der Waals surface area (Å²) in [4.78, 5) is 2.79. The van der Waals surface area contributed by atoms with Crippen LogP contribution in [0.25, 0.3) is 0 Å². The van der Waals surface area contributed by atoms with Crippen LogP contribution in [-0.4, -0.2) is 16.3 Å². The Morgan fingerprint density at radius 2 is 2.16 bits per heavy atom. The van der Waals surface area contributed by atoms with Crippen molar-refractivity contribution in [1.82, 2.24) is 15.1 Å². The fraction of sp³-hybridized carbons (Fsp3) is 0.533. The maximum atomic E-state index is 4.45. The Kier molecular flexibility index (Phi) is 4.77. The predicted octanol–water partition coefficient (Wildman–Crippen LogP) is 3.67. The third kappa shape index (κ3) is 3.07. The van der Waals surface area contributed by atoms with E-state index in [2.05, 4.69) is 54.9 Å². The normalized spacial score (nSPS) is 12.8. The molecule has 0 saturated carbocycles. The number of hydrogen-bond acceptors (Lipinski definition) is 3. The molecule has 0 aromatic carbocycles. The molecule has 0 bridgehead atoms. The van der Waals surface area contributed by atoms with Gasteiger partial charge < -0.3 is 5.32 Å². The van der Waals surface area contributed by atoms with Crippen LogP contribution < -0.4 is 5.32 Å². The van der Waals surface area contributed by atoms with Crippen LogP contribution in [0, 0.1) is 13.8 Å². The summed E-state index contributed by atoms with van der Waals surface area (Å²) in [5, 5.41) is 8.04. The maximum Gasteiger partial charge on any atom is 0.0841 e. The molecule has 0 saturated heterocycles. The lowest BCUT2D eigenvalue weighted by Crippen LogP contribution is -2.24. The Bertz CT molecular complexity index is 508. The van der Waals surface area contributed by atoms with Gasteiger partial charge in [0.15, 0.2) is 0 Å². The summed E-state index contributed by atoms with van der Waals surface area (Å²) in [6, 6.07) is 4.70. The van der Waals surface area contributed by atoms with Crippen LogP contribution in [0.15, 0.2) is 18.3 Å². The first-order valence-electron chi connectivity index (χ1n) is 6.99. The second-order valence-corrected chi connectivity index (χ2v) is 6.15. The lowest BCUT2D eigenvalue weighted by molar-refractivity contribution is 0.524. The van der Waals surface area contributed by atoms with Crippen LogP contribution in [0.2, 0.25) is 0 Å². The minimum Gasteiger partial charge on any atom is -0.305 e. The molecule has 104 valence electrons. The smallest absolute Gasteiger partial charge is 0.0841 e. The zero-order chi connectivity index (χ0) is 13.8. The second kappa shape index (κ2) is 6.35. The molecule has 1 N–H and O–H groups in total. The van der Waals surface area contributed by atoms with Crippen molar-refractivity contribution in [3.8, 4) is 0 Å². The number of aryl methyl sites for hydroxylation is 3. The number of aromatic nitrogens is 2. The molecular weight excluding hydrogens is 254 g/mol. The number of hydrogen-bond donors (Lipinski definition) is 1. The van der Waals surface area contributed by atoms with Gasteiger partial charge in [-0.1, -0.05) is 13.8 Å². The minimum atomic E-state index is 0.261. The Balaban J connectivity index is 2.36. The molecule has 2 aromatic rings. The van der Waals surface area contributed by atoms with E-state index in [0.29, 0.717) is 0 Å². The van der Waals surface area contributed by atoms with Gasteiger partial charge in [-0.05, 0) is 44.5 Å². The lowest BCUT2D eigenvalue weighted by atomic mass is 10.1. The monoisotopic (exact) mass is 277 g/mol. The second-order valence-electron chi connectivity index (χ2n) is 4.86. The van der Waals surface area contributed by atoms with Crippen molar-refractivity contribution >= 4 is 11.3 Å². The molecule has 2 aromatic heterocycles. The molecule has 19 heavy (non-hydrogen) atoms. The van der Waals surface area contributed by atoms with Crippen LogP contribution in [0.3, 0.4) is 0 Å². The third-order valence-electron chi connectivity index (χ3n) is 3.36. The van der Waals surface area contributed by atoms with Crippen molar-refractivity contribution in [2.24, 2.45) is 0 Å². The highest BCUT2D eigenvalue weighted by Gasteiger charge is 2.19. The van der Waals surface area contributed by atoms with Gasteiger partial charge in [-0.15, -0.1) is 11.3 Å². The van der Waals surface area contributed by atoms with E-state index in [1.807, 2.05) is 17.5 Å². The van der Waals surface area contributed by atoms with E-state index in [-0.39, 0.29) is 6.04 Å². The molecule has 0 aliphatic heterocycles. The van der Waals surface area contributed by atoms with Crippen molar-refractivity contribution in [2.45, 2.75) is 46.7 Å². The van der Waals surface area contributed by atoms with E-state index in [0.717, 1.165) is 19.5 Å². The molecule has 0 radical (unpaired) electrons. The Hall–Kier alpha value is -1.13. The zero-order valence-corrected chi connectivity index (χ0v) is 13.0. The van der Waals surface area contributed by atoms with Crippen LogP contribution in [-0.2, 0) is 6.54 Å². The summed E-state index contributed by atoms with van der Waals surface area (Å²) in [6.07, 6.45) is 3.01. The van der Waals surface area contributed by atoms with Gasteiger partial charge in [0.05, 0.1) is 11.7 Å². The molecule has 2 rings (SSSR count). The van der Waals surface area contributed by atoms with Crippen molar-refractivity contribution in [3.63, 3.8) is 0 Å². The number of nitrogens with one attached hydrogen (secondary N) is 1. The van der Waals surface area contributed by atoms with Gasteiger partial charge in [-0.25, -0.2) is 0 Å². The van der Waals surface area contributed by atoms with Crippen molar-refractivity contribution in [3.05, 3.63) is 39.3 Å². The summed E-state index contributed by atoms with van der Waals surface area (Å²) in [5.74, 6) is 0. The Labute approximate surface area is 119 Å². The standard InChI is InChI=1S/C15H23N3S/c1-5-9-18-13(7-8-17-18)15(16-6-2)14-10-11(3)12(4)19-14/h7-8,10,15-16H,5-6,9H2,1-4H3. The average Bonchev–Trinajstić information content (AvgIpc) is 2.95. The summed E-state index contributed by atoms with van der Waals surface area (Å²) < 4.78 is 2.12. The fourth-order valence-electron chi connectivity index (χ4n) is 2.29. The van der Waals surface area contributed by atoms with E-state index in [4.69, 9.17) is 0 Å². The van der Waals surface area contributed by atoms with Crippen LogP contribution in [0.1, 0.15) is 47.3 Å². The van der Waals surface area contributed by atoms with Gasteiger partial charge in [-0.3, -0.25) is 4.68 Å². The van der Waals surface area contributed by atoms with E-state index in [9.17, 15) is 0 Å². The van der Waals surface area contributed by atoms with Crippen LogP contribution in [0.4, 0.5) is 0 Å². The van der Waals surface area contributed by atoms with E-state index < -0.39 is 0 Å². The lowest BCUT2D eigenvalue weighted by Gasteiger charge is -2.18. The molecular formula is C15H23N3S. The van der Waals surface area contributed by atoms with E-state index in [1.165, 1.54) is 21.0 Å². The van der Waals surface area contributed by atoms with Gasteiger partial charge >= 0.3 is 0 Å². The van der Waals surface area contributed by atoms with Crippen molar-refractivity contribution in [2.75, 3.05) is 6.54 Å². The Morgan fingerprint density at radius 1 is 1.37 bits per heavy atom. The highest BCUT2D eigenvalue weighted by molar-refractivity contribution is 7.12. The number of nitrogens with zero attached hydrogens (tertiary/aromatic N) is 2. The molecule has 4 heteroatoms. The molecule has 1 unspecified atom stereocenters. The summed E-state index contributed by atoms with van der Waals surface area (Å²) in [6.45, 7) is 10.6. The minimum absolute atomic E-state index is 0.261. The van der Waals surface area contributed by atoms with Gasteiger partial charge in [0.25, 0.3) is 0 Å². The Morgan fingerprint density at radius 3 is 2.74 bits per heavy atom. The molecule has 3 nitrogen and oxygen atoms in total. The molecule has 0 aliphatic carbocycles. The molecule has 0 aliphatic rings. The number of rotatable bonds is 6. The fourth-order valence-corrected chi connectivity index (χ4v) is 3.42. The summed E-state index contributed by atoms with van der Waals surface area (Å²) >= 11 is 1.88. The van der Waals surface area contributed by atoms with E-state index >= 15 is 0 Å². The average molecular weight is 277 g/mol. The first kappa shape index (κ1) is 14.3. The van der Waals surface area contributed by atoms with Crippen LogP contribution in [0.5, 0.6) is 0 Å². The highest BCUT2D eigenvalue weighted by atomic mass is 32.1. The quantitative estimate of drug-likeness (QED) is 0.873. The largest absolute Gasteiger partial charge is 0.305 e. The van der Waals surface area contributed by atoms with Gasteiger partial charge in [0, 0.05) is 22.5 Å². The predicted molar refractivity (Wildman–Crippen MR) is 81.8 cm³/mol.